The molecule has 4 aromatic carbocycles. The van der Waals surface area contributed by atoms with E-state index in [0.29, 0.717) is 5.41 Å². The van der Waals surface area contributed by atoms with Crippen LogP contribution in [0.15, 0.2) is 90.5 Å². The minimum Gasteiger partial charge on any atom is -0.494 e. The standard InChI is InChI=1S/C42H49NO/c1-4-42(3,5-2)37-20-16-35-29-34(14-15-36(35)30-37)31-17-21-38(22-18-31)43-39-23-25-40(26-24-39)44-28-9-7-6-8-11-32-12-10-13-33-19-27-41(32)33/h10,12-15,17-18,21-26,29-30,43H,4-9,11,16,19-20,27-28H2,1-3H3. The summed E-state index contributed by atoms with van der Waals surface area (Å²) >= 11 is 0. The smallest absolute Gasteiger partial charge is 0.119 e. The fourth-order valence-electron chi connectivity index (χ4n) is 6.92. The average molecular weight is 584 g/mol. The molecule has 0 saturated carbocycles. The fourth-order valence-corrected chi connectivity index (χ4v) is 6.92. The maximum absolute atomic E-state index is 6.03. The summed E-state index contributed by atoms with van der Waals surface area (Å²) in [7, 11) is 0. The summed E-state index contributed by atoms with van der Waals surface area (Å²) in [6.45, 7) is 7.86. The highest BCUT2D eigenvalue weighted by atomic mass is 16.5. The van der Waals surface area contributed by atoms with Crippen molar-refractivity contribution < 1.29 is 4.74 Å². The predicted octanol–water partition coefficient (Wildman–Crippen LogP) is 11.5. The van der Waals surface area contributed by atoms with Crippen LogP contribution < -0.4 is 10.1 Å². The Morgan fingerprint density at radius 3 is 2.11 bits per heavy atom. The van der Waals surface area contributed by atoms with Gasteiger partial charge in [-0.05, 0) is 139 Å². The molecule has 0 fully saturated rings. The van der Waals surface area contributed by atoms with Crippen molar-refractivity contribution in [3.63, 3.8) is 0 Å². The van der Waals surface area contributed by atoms with Gasteiger partial charge < -0.3 is 10.1 Å². The molecule has 44 heavy (non-hydrogen) atoms. The SMILES string of the molecule is CCC(C)(CC)C1=Cc2ccc(-c3ccc(Nc4ccc(OCCCCCCc5cccc6c5CC6)cc4)cc3)cc2CC1. The van der Waals surface area contributed by atoms with E-state index < -0.39 is 0 Å². The highest BCUT2D eigenvalue weighted by Gasteiger charge is 2.27. The second-order valence-electron chi connectivity index (χ2n) is 13.1. The largest absolute Gasteiger partial charge is 0.494 e. The molecule has 0 saturated heterocycles. The van der Waals surface area contributed by atoms with E-state index in [0.717, 1.165) is 36.6 Å². The quantitative estimate of drug-likeness (QED) is 0.149. The van der Waals surface area contributed by atoms with Crippen LogP contribution in [0.5, 0.6) is 5.75 Å². The molecule has 0 amide bonds. The van der Waals surface area contributed by atoms with Gasteiger partial charge in [-0.1, -0.05) is 93.8 Å². The van der Waals surface area contributed by atoms with Crippen molar-refractivity contribution >= 4 is 17.5 Å². The maximum atomic E-state index is 6.03. The van der Waals surface area contributed by atoms with Crippen LogP contribution >= 0.6 is 0 Å². The number of nitrogens with one attached hydrogen (secondary N) is 1. The number of hydrogen-bond donors (Lipinski definition) is 1. The molecular weight excluding hydrogens is 534 g/mol. The average Bonchev–Trinajstić information content (AvgIpc) is 3.05. The number of hydrogen-bond acceptors (Lipinski definition) is 2. The zero-order valence-electron chi connectivity index (χ0n) is 27.1. The zero-order chi connectivity index (χ0) is 30.4. The Bertz CT molecular complexity index is 1570. The van der Waals surface area contributed by atoms with Crippen molar-refractivity contribution in [1.82, 2.24) is 0 Å². The molecule has 2 aliphatic rings. The van der Waals surface area contributed by atoms with Gasteiger partial charge in [0.25, 0.3) is 0 Å². The molecule has 2 heteroatoms. The van der Waals surface area contributed by atoms with Crippen molar-refractivity contribution in [2.24, 2.45) is 5.41 Å². The Labute approximate surface area is 265 Å². The molecule has 4 aromatic rings. The molecule has 0 radical (unpaired) electrons. The normalized spacial score (nSPS) is 13.8. The maximum Gasteiger partial charge on any atom is 0.119 e. The van der Waals surface area contributed by atoms with Crippen LogP contribution in [-0.2, 0) is 25.7 Å². The summed E-state index contributed by atoms with van der Waals surface area (Å²) in [4.78, 5) is 0. The monoisotopic (exact) mass is 583 g/mol. The Hall–Kier alpha value is -3.78. The Morgan fingerprint density at radius 2 is 1.39 bits per heavy atom. The number of anilines is 2. The molecule has 0 atom stereocenters. The topological polar surface area (TPSA) is 21.3 Å². The molecule has 2 aliphatic carbocycles. The fraction of sp³-hybridized carbons (Fsp3) is 0.381. The van der Waals surface area contributed by atoms with Crippen LogP contribution in [0.2, 0.25) is 0 Å². The molecule has 0 unspecified atom stereocenters. The van der Waals surface area contributed by atoms with Crippen molar-refractivity contribution in [2.45, 2.75) is 91.4 Å². The second-order valence-corrected chi connectivity index (χ2v) is 13.1. The molecule has 0 aliphatic heterocycles. The van der Waals surface area contributed by atoms with Crippen molar-refractivity contribution in [1.29, 1.82) is 0 Å². The van der Waals surface area contributed by atoms with E-state index in [9.17, 15) is 0 Å². The first kappa shape index (κ1) is 30.3. The lowest BCUT2D eigenvalue weighted by Crippen LogP contribution is -2.19. The van der Waals surface area contributed by atoms with Crippen LogP contribution in [0.4, 0.5) is 11.4 Å². The van der Waals surface area contributed by atoms with E-state index in [4.69, 9.17) is 4.74 Å². The summed E-state index contributed by atoms with van der Waals surface area (Å²) in [5.41, 5.74) is 14.3. The van der Waals surface area contributed by atoms with Gasteiger partial charge in [-0.2, -0.15) is 0 Å². The second kappa shape index (κ2) is 13.9. The van der Waals surface area contributed by atoms with Gasteiger partial charge in [0.1, 0.15) is 5.75 Å². The van der Waals surface area contributed by atoms with Crippen molar-refractivity contribution in [3.05, 3.63) is 118 Å². The van der Waals surface area contributed by atoms with E-state index in [1.54, 1.807) is 22.3 Å². The van der Waals surface area contributed by atoms with Gasteiger partial charge in [0, 0.05) is 11.4 Å². The third-order valence-corrected chi connectivity index (χ3v) is 10.5. The highest BCUT2D eigenvalue weighted by Crippen LogP contribution is 2.41. The zero-order valence-corrected chi connectivity index (χ0v) is 27.1. The molecule has 2 nitrogen and oxygen atoms in total. The molecular formula is C42H49NO. The summed E-state index contributed by atoms with van der Waals surface area (Å²) in [6.07, 6.45) is 15.9. The molecule has 0 bridgehead atoms. The molecule has 6 rings (SSSR count). The summed E-state index contributed by atoms with van der Waals surface area (Å²) in [5, 5.41) is 3.54. The Morgan fingerprint density at radius 1 is 0.682 bits per heavy atom. The van der Waals surface area contributed by atoms with Gasteiger partial charge >= 0.3 is 0 Å². The number of unbranched alkanes of at least 4 members (excludes halogenated alkanes) is 3. The number of rotatable bonds is 14. The molecule has 228 valence electrons. The van der Waals surface area contributed by atoms with Crippen LogP contribution in [0, 0.1) is 5.41 Å². The first-order chi connectivity index (χ1) is 21.5. The van der Waals surface area contributed by atoms with Crippen LogP contribution in [0.25, 0.3) is 17.2 Å². The molecule has 0 spiro atoms. The first-order valence-corrected chi connectivity index (χ1v) is 17.1. The van der Waals surface area contributed by atoms with Crippen LogP contribution in [0.1, 0.15) is 93.5 Å². The van der Waals surface area contributed by atoms with E-state index in [1.807, 2.05) is 0 Å². The van der Waals surface area contributed by atoms with E-state index in [-0.39, 0.29) is 0 Å². The van der Waals surface area contributed by atoms with Gasteiger partial charge in [-0.3, -0.25) is 0 Å². The summed E-state index contributed by atoms with van der Waals surface area (Å²) in [6, 6.07) is 31.0. The lowest BCUT2D eigenvalue weighted by Gasteiger charge is -2.33. The van der Waals surface area contributed by atoms with Gasteiger partial charge in [0.2, 0.25) is 0 Å². The van der Waals surface area contributed by atoms with E-state index in [1.165, 1.54) is 80.0 Å². The highest BCUT2D eigenvalue weighted by molar-refractivity contribution is 5.72. The minimum absolute atomic E-state index is 0.329. The number of fused-ring (bicyclic) bond motifs is 2. The minimum atomic E-state index is 0.329. The number of allylic oxidation sites excluding steroid dienone is 1. The summed E-state index contributed by atoms with van der Waals surface area (Å²) in [5.74, 6) is 0.942. The van der Waals surface area contributed by atoms with E-state index >= 15 is 0 Å². The van der Waals surface area contributed by atoms with Gasteiger partial charge in [-0.25, -0.2) is 0 Å². The van der Waals surface area contributed by atoms with Gasteiger partial charge in [-0.15, -0.1) is 0 Å². The molecule has 0 heterocycles. The predicted molar refractivity (Wildman–Crippen MR) is 188 cm³/mol. The number of benzene rings is 4. The number of aryl methyl sites for hydroxylation is 3. The third kappa shape index (κ3) is 6.96. The van der Waals surface area contributed by atoms with Gasteiger partial charge in [0.05, 0.1) is 6.61 Å². The van der Waals surface area contributed by atoms with Crippen LogP contribution in [0.3, 0.4) is 0 Å². The lowest BCUT2D eigenvalue weighted by atomic mass is 9.72. The molecule has 0 aromatic heterocycles. The lowest BCUT2D eigenvalue weighted by molar-refractivity contribution is 0.304. The van der Waals surface area contributed by atoms with Crippen molar-refractivity contribution in [2.75, 3.05) is 11.9 Å². The summed E-state index contributed by atoms with van der Waals surface area (Å²) < 4.78 is 6.03. The first-order valence-electron chi connectivity index (χ1n) is 17.1. The van der Waals surface area contributed by atoms with Gasteiger partial charge in [0.15, 0.2) is 0 Å². The Balaban J connectivity index is 0.944. The van der Waals surface area contributed by atoms with E-state index in [2.05, 4.69) is 117 Å². The molecule has 1 N–H and O–H groups in total. The Kier molecular flexibility index (Phi) is 9.55. The van der Waals surface area contributed by atoms with Crippen molar-refractivity contribution in [3.8, 4) is 16.9 Å². The number of ether oxygens (including phenoxy) is 1. The third-order valence-electron chi connectivity index (χ3n) is 10.5. The van der Waals surface area contributed by atoms with Crippen LogP contribution in [-0.4, -0.2) is 6.61 Å².